The summed E-state index contributed by atoms with van der Waals surface area (Å²) in [6, 6.07) is 5.91. The molecule has 1 aliphatic rings. The fourth-order valence-corrected chi connectivity index (χ4v) is 3.55. The Hall–Kier alpha value is -3.36. The van der Waals surface area contributed by atoms with Crippen LogP contribution in [-0.2, 0) is 4.74 Å². The lowest BCUT2D eigenvalue weighted by Gasteiger charge is -2.14. The van der Waals surface area contributed by atoms with Gasteiger partial charge in [0.1, 0.15) is 11.9 Å². The summed E-state index contributed by atoms with van der Waals surface area (Å²) in [5, 5.41) is 13.5. The topological polar surface area (TPSA) is 110 Å². The van der Waals surface area contributed by atoms with E-state index in [1.807, 2.05) is 42.8 Å². The van der Waals surface area contributed by atoms with Gasteiger partial charge in [0.15, 0.2) is 5.82 Å². The highest BCUT2D eigenvalue weighted by Gasteiger charge is 2.30. The molecule has 1 amide bonds. The summed E-state index contributed by atoms with van der Waals surface area (Å²) in [5.41, 5.74) is 2.00. The van der Waals surface area contributed by atoms with Crippen LogP contribution in [0, 0.1) is 0 Å². The molecule has 0 aromatic carbocycles. The first-order valence-corrected chi connectivity index (χ1v) is 9.80. The Kier molecular flexibility index (Phi) is 5.46. The maximum atomic E-state index is 11.8. The fourth-order valence-electron chi connectivity index (χ4n) is 3.55. The highest BCUT2D eigenvalue weighted by molar-refractivity contribution is 5.67. The lowest BCUT2D eigenvalue weighted by Crippen LogP contribution is -2.33. The molecule has 29 heavy (non-hydrogen) atoms. The van der Waals surface area contributed by atoms with Crippen LogP contribution in [0.3, 0.4) is 0 Å². The minimum Gasteiger partial charge on any atom is -0.446 e. The molecule has 3 aromatic heterocycles. The summed E-state index contributed by atoms with van der Waals surface area (Å²) < 4.78 is 7.42. The van der Waals surface area contributed by atoms with E-state index < -0.39 is 0 Å². The number of H-pyrrole nitrogens is 1. The van der Waals surface area contributed by atoms with Gasteiger partial charge in [-0.05, 0) is 39.2 Å². The zero-order valence-electron chi connectivity index (χ0n) is 16.5. The lowest BCUT2D eigenvalue weighted by molar-refractivity contribution is 0.0981. The first-order chi connectivity index (χ1) is 14.1. The highest BCUT2D eigenvalue weighted by atomic mass is 16.6. The zero-order chi connectivity index (χ0) is 20.2. The number of pyridine rings is 1. The monoisotopic (exact) mass is 395 g/mol. The number of hydrogen-bond donors (Lipinski definition) is 3. The standard InChI is InChI=1S/C20H25N7O2/c1-13(2)23-20(28)29-16-4-3-14(9-16)17-11-19(26-25-17)24-18-10-15(5-6-22-18)27-8-7-21-12-27/h5-8,10-14,16H,3-4,9H2,1-2H3,(H,23,28)(H2,22,24,25,26)/t14-,16+/m1/s1. The number of imidazole rings is 1. The molecule has 9 heteroatoms. The second-order valence-corrected chi connectivity index (χ2v) is 7.54. The van der Waals surface area contributed by atoms with Gasteiger partial charge in [0, 0.05) is 48.4 Å². The maximum absolute atomic E-state index is 11.8. The van der Waals surface area contributed by atoms with Crippen LogP contribution in [0.25, 0.3) is 5.69 Å². The number of aromatic amines is 1. The van der Waals surface area contributed by atoms with Crippen LogP contribution in [0.15, 0.2) is 43.1 Å². The Balaban J connectivity index is 1.36. The molecule has 4 rings (SSSR count). The molecular formula is C20H25N7O2. The average molecular weight is 395 g/mol. The number of aromatic nitrogens is 5. The van der Waals surface area contributed by atoms with Crippen molar-refractivity contribution < 1.29 is 9.53 Å². The Bertz CT molecular complexity index is 951. The van der Waals surface area contributed by atoms with Crippen LogP contribution < -0.4 is 10.6 Å². The molecule has 0 unspecified atom stereocenters. The number of carbonyl (C=O) groups excluding carboxylic acids is 1. The molecule has 0 aliphatic heterocycles. The zero-order valence-corrected chi connectivity index (χ0v) is 16.5. The van der Waals surface area contributed by atoms with Crippen molar-refractivity contribution >= 4 is 17.7 Å². The maximum Gasteiger partial charge on any atom is 0.407 e. The van der Waals surface area contributed by atoms with E-state index in [4.69, 9.17) is 4.74 Å². The number of alkyl carbamates (subject to hydrolysis) is 1. The number of ether oxygens (including phenoxy) is 1. The molecule has 1 saturated carbocycles. The van der Waals surface area contributed by atoms with E-state index in [9.17, 15) is 4.79 Å². The van der Waals surface area contributed by atoms with Crippen molar-refractivity contribution in [3.63, 3.8) is 0 Å². The van der Waals surface area contributed by atoms with Crippen molar-refractivity contribution in [1.29, 1.82) is 0 Å². The lowest BCUT2D eigenvalue weighted by atomic mass is 10.0. The molecule has 0 radical (unpaired) electrons. The minimum atomic E-state index is -0.346. The van der Waals surface area contributed by atoms with Crippen LogP contribution in [-0.4, -0.2) is 43.0 Å². The SMILES string of the molecule is CC(C)NC(=O)O[C@H]1CC[C@@H](c2cc(Nc3cc(-n4ccnc4)ccn3)n[nH]2)C1. The highest BCUT2D eigenvalue weighted by Crippen LogP contribution is 2.36. The van der Waals surface area contributed by atoms with Crippen molar-refractivity contribution in [2.24, 2.45) is 0 Å². The Morgan fingerprint density at radius 2 is 2.17 bits per heavy atom. The van der Waals surface area contributed by atoms with Gasteiger partial charge in [-0.3, -0.25) is 5.10 Å². The predicted octanol–water partition coefficient (Wildman–Crippen LogP) is 3.50. The van der Waals surface area contributed by atoms with Crippen molar-refractivity contribution in [3.8, 4) is 5.69 Å². The molecule has 3 aromatic rings. The molecule has 0 bridgehead atoms. The normalized spacial score (nSPS) is 18.7. The van der Waals surface area contributed by atoms with Crippen LogP contribution in [0.1, 0.15) is 44.7 Å². The van der Waals surface area contributed by atoms with Crippen molar-refractivity contribution in [3.05, 3.63) is 48.8 Å². The number of rotatable bonds is 6. The minimum absolute atomic E-state index is 0.0630. The molecule has 3 N–H and O–H groups in total. The van der Waals surface area contributed by atoms with Gasteiger partial charge in [-0.1, -0.05) is 0 Å². The predicted molar refractivity (Wildman–Crippen MR) is 108 cm³/mol. The van der Waals surface area contributed by atoms with E-state index >= 15 is 0 Å². The molecular weight excluding hydrogens is 370 g/mol. The van der Waals surface area contributed by atoms with Gasteiger partial charge in [-0.2, -0.15) is 5.10 Å². The van der Waals surface area contributed by atoms with E-state index in [2.05, 4.69) is 30.8 Å². The number of nitrogens with one attached hydrogen (secondary N) is 3. The van der Waals surface area contributed by atoms with Gasteiger partial charge in [0.25, 0.3) is 0 Å². The Morgan fingerprint density at radius 3 is 2.97 bits per heavy atom. The fraction of sp³-hybridized carbons (Fsp3) is 0.400. The smallest absolute Gasteiger partial charge is 0.407 e. The van der Waals surface area contributed by atoms with Crippen molar-refractivity contribution in [2.75, 3.05) is 5.32 Å². The van der Waals surface area contributed by atoms with Gasteiger partial charge < -0.3 is 19.9 Å². The summed E-state index contributed by atoms with van der Waals surface area (Å²) >= 11 is 0. The van der Waals surface area contributed by atoms with Gasteiger partial charge in [-0.15, -0.1) is 0 Å². The molecule has 152 valence electrons. The molecule has 3 heterocycles. The molecule has 1 fully saturated rings. The quantitative estimate of drug-likeness (QED) is 0.589. The van der Waals surface area contributed by atoms with Crippen LogP contribution >= 0.6 is 0 Å². The summed E-state index contributed by atoms with van der Waals surface area (Å²) in [4.78, 5) is 20.2. The Morgan fingerprint density at radius 1 is 1.28 bits per heavy atom. The first-order valence-electron chi connectivity index (χ1n) is 9.80. The molecule has 0 spiro atoms. The Labute approximate surface area is 168 Å². The molecule has 2 atom stereocenters. The first kappa shape index (κ1) is 19.0. The van der Waals surface area contributed by atoms with Gasteiger partial charge >= 0.3 is 6.09 Å². The van der Waals surface area contributed by atoms with Gasteiger partial charge in [0.2, 0.25) is 0 Å². The van der Waals surface area contributed by atoms with Gasteiger partial charge in [-0.25, -0.2) is 14.8 Å². The number of hydrogen-bond acceptors (Lipinski definition) is 6. The molecule has 1 aliphatic carbocycles. The number of nitrogens with zero attached hydrogens (tertiary/aromatic N) is 4. The van der Waals surface area contributed by atoms with E-state index in [0.29, 0.717) is 17.6 Å². The van der Waals surface area contributed by atoms with Crippen molar-refractivity contribution in [2.45, 2.75) is 51.2 Å². The van der Waals surface area contributed by atoms with Crippen LogP contribution in [0.5, 0.6) is 0 Å². The third-order valence-corrected chi connectivity index (χ3v) is 4.90. The summed E-state index contributed by atoms with van der Waals surface area (Å²) in [5.74, 6) is 1.70. The summed E-state index contributed by atoms with van der Waals surface area (Å²) in [6.45, 7) is 3.83. The number of anilines is 2. The van der Waals surface area contributed by atoms with Crippen molar-refractivity contribution in [1.82, 2.24) is 30.0 Å². The molecule has 0 saturated heterocycles. The number of amides is 1. The van der Waals surface area contributed by atoms with Crippen LogP contribution in [0.2, 0.25) is 0 Å². The third-order valence-electron chi connectivity index (χ3n) is 4.90. The number of carbonyl (C=O) groups is 1. The second-order valence-electron chi connectivity index (χ2n) is 7.54. The van der Waals surface area contributed by atoms with Gasteiger partial charge in [0.05, 0.1) is 12.0 Å². The molecule has 9 nitrogen and oxygen atoms in total. The van der Waals surface area contributed by atoms with E-state index in [0.717, 1.165) is 30.6 Å². The third kappa shape index (κ3) is 4.74. The van der Waals surface area contributed by atoms with E-state index in [-0.39, 0.29) is 18.2 Å². The van der Waals surface area contributed by atoms with E-state index in [1.54, 1.807) is 18.7 Å². The summed E-state index contributed by atoms with van der Waals surface area (Å²) in [6.07, 6.45) is 9.29. The summed E-state index contributed by atoms with van der Waals surface area (Å²) in [7, 11) is 0. The van der Waals surface area contributed by atoms with Crippen LogP contribution in [0.4, 0.5) is 16.4 Å². The second kappa shape index (κ2) is 8.34. The average Bonchev–Trinajstić information content (AvgIpc) is 3.43. The van der Waals surface area contributed by atoms with E-state index in [1.165, 1.54) is 0 Å². The largest absolute Gasteiger partial charge is 0.446 e.